The Morgan fingerprint density at radius 2 is 1.92 bits per heavy atom. The number of anilines is 2. The van der Waals surface area contributed by atoms with Crippen LogP contribution in [0.15, 0.2) is 42.5 Å². The van der Waals surface area contributed by atoms with Crippen molar-refractivity contribution in [3.05, 3.63) is 53.6 Å². The molecule has 26 heavy (non-hydrogen) atoms. The molecule has 0 aromatic heterocycles. The van der Waals surface area contributed by atoms with Crippen LogP contribution in [0.1, 0.15) is 17.5 Å². The van der Waals surface area contributed by atoms with Crippen molar-refractivity contribution in [2.45, 2.75) is 19.8 Å². The van der Waals surface area contributed by atoms with Gasteiger partial charge in [0.15, 0.2) is 0 Å². The molecule has 2 aromatic carbocycles. The second-order valence-electron chi connectivity index (χ2n) is 6.13. The van der Waals surface area contributed by atoms with Crippen molar-refractivity contribution < 1.29 is 17.9 Å². The van der Waals surface area contributed by atoms with Crippen molar-refractivity contribution in [3.8, 4) is 5.75 Å². The Morgan fingerprint density at radius 1 is 1.19 bits per heavy atom. The van der Waals surface area contributed by atoms with Crippen LogP contribution in [0.5, 0.6) is 5.75 Å². The largest absolute Gasteiger partial charge is 0.496 e. The topological polar surface area (TPSA) is 75.7 Å². The molecular weight excluding hydrogens is 352 g/mol. The molecule has 0 aliphatic heterocycles. The van der Waals surface area contributed by atoms with Gasteiger partial charge in [0.1, 0.15) is 5.75 Å². The van der Waals surface area contributed by atoms with Crippen LogP contribution >= 0.6 is 0 Å². The highest BCUT2D eigenvalue weighted by molar-refractivity contribution is 7.92. The lowest BCUT2D eigenvalue weighted by molar-refractivity contribution is -0.116. The van der Waals surface area contributed by atoms with Crippen LogP contribution in [0.4, 0.5) is 11.4 Å². The minimum absolute atomic E-state index is 0.127. The molecule has 0 radical (unpaired) electrons. The van der Waals surface area contributed by atoms with Crippen molar-refractivity contribution in [2.24, 2.45) is 0 Å². The summed E-state index contributed by atoms with van der Waals surface area (Å²) in [5.74, 6) is 0.697. The molecule has 1 N–H and O–H groups in total. The van der Waals surface area contributed by atoms with E-state index >= 15 is 0 Å². The van der Waals surface area contributed by atoms with E-state index < -0.39 is 10.0 Å². The summed E-state index contributed by atoms with van der Waals surface area (Å²) in [6, 6.07) is 12.6. The maximum absolute atomic E-state index is 12.2. The summed E-state index contributed by atoms with van der Waals surface area (Å²) in [5.41, 5.74) is 3.15. The Hall–Kier alpha value is -2.54. The quantitative estimate of drug-likeness (QED) is 0.806. The maximum Gasteiger partial charge on any atom is 0.231 e. The Labute approximate surface area is 154 Å². The minimum Gasteiger partial charge on any atom is -0.496 e. The van der Waals surface area contributed by atoms with E-state index in [9.17, 15) is 13.2 Å². The number of benzene rings is 2. The lowest BCUT2D eigenvalue weighted by atomic mass is 10.1. The Morgan fingerprint density at radius 3 is 2.54 bits per heavy atom. The van der Waals surface area contributed by atoms with Crippen LogP contribution in [0.3, 0.4) is 0 Å². The van der Waals surface area contributed by atoms with E-state index in [1.165, 1.54) is 11.4 Å². The summed E-state index contributed by atoms with van der Waals surface area (Å²) in [5, 5.41) is 2.81. The van der Waals surface area contributed by atoms with Crippen LogP contribution in [-0.4, -0.2) is 34.7 Å². The van der Waals surface area contributed by atoms with Gasteiger partial charge >= 0.3 is 0 Å². The van der Waals surface area contributed by atoms with Crippen molar-refractivity contribution in [3.63, 3.8) is 0 Å². The highest BCUT2D eigenvalue weighted by Gasteiger charge is 2.12. The van der Waals surface area contributed by atoms with Gasteiger partial charge in [-0.3, -0.25) is 9.10 Å². The highest BCUT2D eigenvalue weighted by Crippen LogP contribution is 2.21. The number of amides is 1. The molecule has 2 rings (SSSR count). The number of nitrogens with one attached hydrogen (secondary N) is 1. The summed E-state index contributed by atoms with van der Waals surface area (Å²) in [6.07, 6.45) is 2.08. The molecule has 0 atom stereocenters. The number of aryl methyl sites for hydroxylation is 2. The Bertz CT molecular complexity index is 894. The summed E-state index contributed by atoms with van der Waals surface area (Å²) in [7, 11) is -0.243. The number of nitrogens with zero attached hydrogens (tertiary/aromatic N) is 1. The highest BCUT2D eigenvalue weighted by atomic mass is 32.2. The number of methoxy groups -OCH3 is 1. The average molecular weight is 376 g/mol. The third-order valence-electron chi connectivity index (χ3n) is 4.09. The van der Waals surface area contributed by atoms with E-state index in [0.29, 0.717) is 24.2 Å². The predicted molar refractivity (Wildman–Crippen MR) is 104 cm³/mol. The molecule has 2 aromatic rings. The van der Waals surface area contributed by atoms with E-state index in [1.807, 2.05) is 25.1 Å². The zero-order valence-corrected chi connectivity index (χ0v) is 16.3. The van der Waals surface area contributed by atoms with Crippen molar-refractivity contribution in [1.82, 2.24) is 0 Å². The van der Waals surface area contributed by atoms with Crippen molar-refractivity contribution >= 4 is 27.3 Å². The van der Waals surface area contributed by atoms with E-state index in [2.05, 4.69) is 5.32 Å². The average Bonchev–Trinajstić information content (AvgIpc) is 2.59. The Balaban J connectivity index is 1.99. The standard InChI is InChI=1S/C19H24N2O4S/c1-14-12-15(8-10-18(14)25-3)9-11-19(22)20-16-6-5-7-17(13-16)21(2)26(4,23)24/h5-8,10,12-13H,9,11H2,1-4H3,(H,20,22). The molecule has 0 bridgehead atoms. The van der Waals surface area contributed by atoms with Gasteiger partial charge in [-0.25, -0.2) is 8.42 Å². The SMILES string of the molecule is COc1ccc(CCC(=O)Nc2cccc(N(C)S(C)(=O)=O)c2)cc1C. The summed E-state index contributed by atoms with van der Waals surface area (Å²) < 4.78 is 29.7. The fourth-order valence-corrected chi connectivity index (χ4v) is 3.04. The maximum atomic E-state index is 12.2. The second-order valence-corrected chi connectivity index (χ2v) is 8.15. The van der Waals surface area contributed by atoms with Gasteiger partial charge in [-0.1, -0.05) is 18.2 Å². The predicted octanol–water partition coefficient (Wildman–Crippen LogP) is 2.97. The third kappa shape index (κ3) is 5.23. The molecule has 0 heterocycles. The Kier molecular flexibility index (Phi) is 6.26. The van der Waals surface area contributed by atoms with E-state index in [0.717, 1.165) is 23.1 Å². The summed E-state index contributed by atoms with van der Waals surface area (Å²) >= 11 is 0. The van der Waals surface area contributed by atoms with Crippen LogP contribution in [0, 0.1) is 6.92 Å². The molecule has 1 amide bonds. The van der Waals surface area contributed by atoms with E-state index in [1.54, 1.807) is 31.4 Å². The van der Waals surface area contributed by atoms with Gasteiger partial charge in [0.25, 0.3) is 0 Å². The van der Waals surface area contributed by atoms with Gasteiger partial charge in [0, 0.05) is 19.2 Å². The fraction of sp³-hybridized carbons (Fsp3) is 0.316. The van der Waals surface area contributed by atoms with Gasteiger partial charge in [0.2, 0.25) is 15.9 Å². The number of hydrogen-bond acceptors (Lipinski definition) is 4. The molecular formula is C19H24N2O4S. The molecule has 7 heteroatoms. The first-order valence-electron chi connectivity index (χ1n) is 8.18. The van der Waals surface area contributed by atoms with Gasteiger partial charge < -0.3 is 10.1 Å². The fourth-order valence-electron chi connectivity index (χ4n) is 2.55. The molecule has 0 aliphatic carbocycles. The first-order chi connectivity index (χ1) is 12.2. The van der Waals surface area contributed by atoms with Crippen LogP contribution in [0.25, 0.3) is 0 Å². The first-order valence-corrected chi connectivity index (χ1v) is 10.0. The van der Waals surface area contributed by atoms with Crippen molar-refractivity contribution in [2.75, 3.05) is 30.0 Å². The minimum atomic E-state index is -3.35. The number of carbonyl (C=O) groups excluding carboxylic acids is 1. The smallest absolute Gasteiger partial charge is 0.231 e. The molecule has 6 nitrogen and oxygen atoms in total. The van der Waals surface area contributed by atoms with Gasteiger partial charge in [-0.05, 0) is 48.7 Å². The zero-order chi connectivity index (χ0) is 19.3. The van der Waals surface area contributed by atoms with E-state index in [-0.39, 0.29) is 5.91 Å². The van der Waals surface area contributed by atoms with Gasteiger partial charge in [-0.2, -0.15) is 0 Å². The molecule has 0 spiro atoms. The molecule has 0 saturated carbocycles. The van der Waals surface area contributed by atoms with Gasteiger partial charge in [0.05, 0.1) is 19.1 Å². The molecule has 140 valence electrons. The second kappa shape index (κ2) is 8.23. The number of sulfonamides is 1. The summed E-state index contributed by atoms with van der Waals surface area (Å²) in [6.45, 7) is 1.96. The molecule has 0 fully saturated rings. The first kappa shape index (κ1) is 19.8. The van der Waals surface area contributed by atoms with Crippen LogP contribution < -0.4 is 14.4 Å². The third-order valence-corrected chi connectivity index (χ3v) is 5.30. The number of ether oxygens (including phenoxy) is 1. The van der Waals surface area contributed by atoms with E-state index in [4.69, 9.17) is 4.74 Å². The summed E-state index contributed by atoms with van der Waals surface area (Å²) in [4.78, 5) is 12.2. The molecule has 0 aliphatic rings. The van der Waals surface area contributed by atoms with Crippen LogP contribution in [-0.2, 0) is 21.2 Å². The number of rotatable bonds is 7. The molecule has 0 saturated heterocycles. The van der Waals surface area contributed by atoms with Gasteiger partial charge in [-0.15, -0.1) is 0 Å². The van der Waals surface area contributed by atoms with Crippen molar-refractivity contribution in [1.29, 1.82) is 0 Å². The zero-order valence-electron chi connectivity index (χ0n) is 15.4. The number of carbonyl (C=O) groups is 1. The number of hydrogen-bond donors (Lipinski definition) is 1. The monoisotopic (exact) mass is 376 g/mol. The normalized spacial score (nSPS) is 11.1. The lowest BCUT2D eigenvalue weighted by Crippen LogP contribution is -2.24. The lowest BCUT2D eigenvalue weighted by Gasteiger charge is -2.17. The van der Waals surface area contributed by atoms with Crippen LogP contribution in [0.2, 0.25) is 0 Å². The molecule has 0 unspecified atom stereocenters.